The molecule has 3 amide bonds. The summed E-state index contributed by atoms with van der Waals surface area (Å²) in [5.74, 6) is 1.11. The van der Waals surface area contributed by atoms with E-state index in [1.807, 2.05) is 11.8 Å². The number of hydrogen-bond donors (Lipinski definition) is 3. The number of thioether (sulfide) groups is 1. The van der Waals surface area contributed by atoms with E-state index in [0.29, 0.717) is 18.2 Å². The predicted octanol–water partition coefficient (Wildman–Crippen LogP) is 2.70. The second-order valence-corrected chi connectivity index (χ2v) is 7.86. The van der Waals surface area contributed by atoms with E-state index in [9.17, 15) is 9.59 Å². The van der Waals surface area contributed by atoms with Crippen molar-refractivity contribution in [2.45, 2.75) is 68.7 Å². The molecule has 9 heteroatoms. The summed E-state index contributed by atoms with van der Waals surface area (Å²) in [6.07, 6.45) is 7.49. The van der Waals surface area contributed by atoms with Gasteiger partial charge in [-0.2, -0.15) is 11.8 Å². The predicted molar refractivity (Wildman–Crippen MR) is 99.4 cm³/mol. The molecular weight excluding hydrogens is 340 g/mol. The Morgan fingerprint density at radius 2 is 2.08 bits per heavy atom. The molecule has 2 aliphatic rings. The minimum absolute atomic E-state index is 0.0440. The Kier molecular flexibility index (Phi) is 8.76. The average Bonchev–Trinajstić information content (AvgIpc) is 3.13. The number of unbranched alkanes of at least 4 members (excludes halogenated alkanes) is 4. The van der Waals surface area contributed by atoms with E-state index in [2.05, 4.69) is 26.0 Å². The summed E-state index contributed by atoms with van der Waals surface area (Å²) >= 11 is 1.92. The first-order valence-electron chi connectivity index (χ1n) is 9.17. The van der Waals surface area contributed by atoms with Crippen molar-refractivity contribution in [2.75, 3.05) is 18.8 Å². The number of rotatable bonds is 12. The van der Waals surface area contributed by atoms with Crippen molar-refractivity contribution in [2.24, 2.45) is 5.11 Å². The van der Waals surface area contributed by atoms with Crippen molar-refractivity contribution in [3.8, 4) is 0 Å². The van der Waals surface area contributed by atoms with E-state index < -0.39 is 0 Å². The van der Waals surface area contributed by atoms with E-state index in [1.165, 1.54) is 0 Å². The van der Waals surface area contributed by atoms with Crippen LogP contribution in [0.15, 0.2) is 5.11 Å². The van der Waals surface area contributed by atoms with Gasteiger partial charge in [-0.25, -0.2) is 4.79 Å². The molecule has 2 fully saturated rings. The number of fused-ring (bicyclic) bond motifs is 1. The number of amides is 3. The van der Waals surface area contributed by atoms with Gasteiger partial charge >= 0.3 is 6.03 Å². The van der Waals surface area contributed by atoms with E-state index >= 15 is 0 Å². The third-order valence-corrected chi connectivity index (χ3v) is 6.16. The van der Waals surface area contributed by atoms with Gasteiger partial charge in [-0.1, -0.05) is 24.4 Å². The van der Waals surface area contributed by atoms with Gasteiger partial charge in [0.05, 0.1) is 12.1 Å². The highest BCUT2D eigenvalue weighted by atomic mass is 32.2. The zero-order valence-electron chi connectivity index (χ0n) is 14.6. The molecule has 8 nitrogen and oxygen atoms in total. The number of carbonyl (C=O) groups is 2. The molecule has 2 aliphatic heterocycles. The van der Waals surface area contributed by atoms with Crippen LogP contribution >= 0.6 is 11.8 Å². The lowest BCUT2D eigenvalue weighted by Gasteiger charge is -2.16. The van der Waals surface area contributed by atoms with Crippen LogP contribution in [-0.4, -0.2) is 48.1 Å². The Balaban J connectivity index is 1.42. The van der Waals surface area contributed by atoms with E-state index in [1.54, 1.807) is 0 Å². The Hall–Kier alpha value is -1.60. The Morgan fingerprint density at radius 3 is 2.92 bits per heavy atom. The lowest BCUT2D eigenvalue weighted by Crippen LogP contribution is -2.36. The van der Waals surface area contributed by atoms with Gasteiger partial charge in [0.2, 0.25) is 5.91 Å². The molecule has 0 aliphatic carbocycles. The Bertz CT molecular complexity index is 497. The zero-order chi connectivity index (χ0) is 17.9. The largest absolute Gasteiger partial charge is 0.356 e. The van der Waals surface area contributed by atoms with Gasteiger partial charge in [0, 0.05) is 35.4 Å². The van der Waals surface area contributed by atoms with Crippen LogP contribution in [0.4, 0.5) is 4.79 Å². The summed E-state index contributed by atoms with van der Waals surface area (Å²) in [7, 11) is 0. The third-order valence-electron chi connectivity index (χ3n) is 4.65. The fourth-order valence-corrected chi connectivity index (χ4v) is 4.84. The first-order chi connectivity index (χ1) is 12.2. The summed E-state index contributed by atoms with van der Waals surface area (Å²) in [5, 5.41) is 12.9. The second-order valence-electron chi connectivity index (χ2n) is 6.59. The maximum absolute atomic E-state index is 11.8. The molecule has 3 atom stereocenters. The lowest BCUT2D eigenvalue weighted by atomic mass is 10.0. The Labute approximate surface area is 152 Å². The fourth-order valence-electron chi connectivity index (χ4n) is 3.30. The monoisotopic (exact) mass is 368 g/mol. The van der Waals surface area contributed by atoms with E-state index in [4.69, 9.17) is 5.53 Å². The number of urea groups is 1. The van der Waals surface area contributed by atoms with Crippen LogP contribution in [0.5, 0.6) is 0 Å². The number of azide groups is 1. The minimum atomic E-state index is -0.0440. The van der Waals surface area contributed by atoms with Crippen molar-refractivity contribution in [1.82, 2.24) is 16.0 Å². The average molecular weight is 369 g/mol. The molecule has 2 rings (SSSR count). The number of nitrogens with zero attached hydrogens (tertiary/aromatic N) is 3. The van der Waals surface area contributed by atoms with Gasteiger partial charge in [0.1, 0.15) is 0 Å². The van der Waals surface area contributed by atoms with Gasteiger partial charge in [-0.3, -0.25) is 4.79 Å². The van der Waals surface area contributed by atoms with Gasteiger partial charge in [0.25, 0.3) is 0 Å². The summed E-state index contributed by atoms with van der Waals surface area (Å²) in [6.45, 7) is 1.28. The van der Waals surface area contributed by atoms with Crippen LogP contribution in [0.3, 0.4) is 0 Å². The molecular formula is C16H28N6O2S. The first-order valence-corrected chi connectivity index (χ1v) is 10.2. The van der Waals surface area contributed by atoms with Gasteiger partial charge < -0.3 is 16.0 Å². The second kappa shape index (κ2) is 11.1. The Morgan fingerprint density at radius 1 is 1.24 bits per heavy atom. The van der Waals surface area contributed by atoms with E-state index in [-0.39, 0.29) is 24.0 Å². The van der Waals surface area contributed by atoms with Gasteiger partial charge in [-0.15, -0.1) is 0 Å². The molecule has 2 heterocycles. The highest BCUT2D eigenvalue weighted by Crippen LogP contribution is 2.33. The standard InChI is InChI=1S/C16H28N6O2S/c17-22-19-10-6-2-1-5-9-18-14(23)8-4-3-7-13-15-12(11-25-13)20-16(24)21-15/h12-13,15H,1-11H2,(H,18,23)(H2,20,21,24)/t12-,13+,15+/m1/s1. The third kappa shape index (κ3) is 7.04. The number of carbonyl (C=O) groups excluding carboxylic acids is 2. The molecule has 0 aromatic rings. The molecule has 3 N–H and O–H groups in total. The quantitative estimate of drug-likeness (QED) is 0.161. The molecule has 0 aromatic heterocycles. The molecule has 140 valence electrons. The summed E-state index contributed by atoms with van der Waals surface area (Å²) in [4.78, 5) is 25.8. The highest BCUT2D eigenvalue weighted by molar-refractivity contribution is 8.00. The number of hydrogen-bond acceptors (Lipinski definition) is 4. The van der Waals surface area contributed by atoms with Crippen LogP contribution in [0.1, 0.15) is 51.4 Å². The molecule has 0 radical (unpaired) electrons. The van der Waals surface area contributed by atoms with Crippen LogP contribution < -0.4 is 16.0 Å². The van der Waals surface area contributed by atoms with Crippen LogP contribution in [0, 0.1) is 0 Å². The van der Waals surface area contributed by atoms with Crippen molar-refractivity contribution >= 4 is 23.7 Å². The SMILES string of the molecule is [N-]=[N+]=NCCCCCCNC(=O)CCCC[C@@H]1SC[C@H]2NC(=O)N[C@H]12. The maximum atomic E-state index is 11.8. The van der Waals surface area contributed by atoms with E-state index in [0.717, 1.165) is 57.2 Å². The normalized spacial score (nSPS) is 24.2. The topological polar surface area (TPSA) is 119 Å². The van der Waals surface area contributed by atoms with Crippen molar-refractivity contribution in [3.63, 3.8) is 0 Å². The lowest BCUT2D eigenvalue weighted by molar-refractivity contribution is -0.121. The number of nitrogens with one attached hydrogen (secondary N) is 3. The zero-order valence-corrected chi connectivity index (χ0v) is 15.4. The molecule has 2 saturated heterocycles. The smallest absolute Gasteiger partial charge is 0.315 e. The van der Waals surface area contributed by atoms with Crippen molar-refractivity contribution in [1.29, 1.82) is 0 Å². The maximum Gasteiger partial charge on any atom is 0.315 e. The summed E-state index contributed by atoms with van der Waals surface area (Å²) in [6, 6.07) is 0.486. The van der Waals surface area contributed by atoms with Gasteiger partial charge in [0.15, 0.2) is 0 Å². The molecule has 0 unspecified atom stereocenters. The molecule has 0 bridgehead atoms. The van der Waals surface area contributed by atoms with Crippen LogP contribution in [0.2, 0.25) is 0 Å². The van der Waals surface area contributed by atoms with Crippen molar-refractivity contribution in [3.05, 3.63) is 10.4 Å². The molecule has 0 saturated carbocycles. The first kappa shape index (κ1) is 19.7. The highest BCUT2D eigenvalue weighted by Gasteiger charge is 2.42. The molecule has 0 spiro atoms. The minimum Gasteiger partial charge on any atom is -0.356 e. The summed E-state index contributed by atoms with van der Waals surface area (Å²) in [5.41, 5.74) is 8.16. The summed E-state index contributed by atoms with van der Waals surface area (Å²) < 4.78 is 0. The van der Waals surface area contributed by atoms with Crippen LogP contribution in [0.25, 0.3) is 10.4 Å². The molecule has 25 heavy (non-hydrogen) atoms. The van der Waals surface area contributed by atoms with Crippen LogP contribution in [-0.2, 0) is 4.79 Å². The van der Waals surface area contributed by atoms with Crippen molar-refractivity contribution < 1.29 is 9.59 Å². The fraction of sp³-hybridized carbons (Fsp3) is 0.875. The van der Waals surface area contributed by atoms with Gasteiger partial charge in [-0.05, 0) is 31.2 Å². The molecule has 0 aromatic carbocycles.